The van der Waals surface area contributed by atoms with Crippen LogP contribution in [0.2, 0.25) is 0 Å². The van der Waals surface area contributed by atoms with Crippen molar-refractivity contribution in [2.24, 2.45) is 0 Å². The lowest BCUT2D eigenvalue weighted by Crippen LogP contribution is -2.26. The fourth-order valence-electron chi connectivity index (χ4n) is 1.97. The Morgan fingerprint density at radius 2 is 2.33 bits per heavy atom. The van der Waals surface area contributed by atoms with Gasteiger partial charge in [-0.05, 0) is 31.0 Å². The largest absolute Gasteiger partial charge is 0.493 e. The molecular formula is C16H21N3O2. The van der Waals surface area contributed by atoms with E-state index in [-0.39, 0.29) is 5.91 Å². The van der Waals surface area contributed by atoms with Crippen LogP contribution >= 0.6 is 0 Å². The van der Waals surface area contributed by atoms with Gasteiger partial charge >= 0.3 is 0 Å². The second kappa shape index (κ2) is 8.09. The highest BCUT2D eigenvalue weighted by molar-refractivity contribution is 5.75. The minimum absolute atomic E-state index is 0.0158. The normalized spacial score (nSPS) is 10.3. The second-order valence-corrected chi connectivity index (χ2v) is 4.90. The molecule has 0 unspecified atom stereocenters. The van der Waals surface area contributed by atoms with E-state index in [0.717, 1.165) is 30.0 Å². The smallest absolute Gasteiger partial charge is 0.223 e. The average molecular weight is 287 g/mol. The molecule has 0 aliphatic carbocycles. The highest BCUT2D eigenvalue weighted by Gasteiger charge is 2.02. The van der Waals surface area contributed by atoms with Crippen molar-refractivity contribution in [1.29, 1.82) is 0 Å². The Hall–Kier alpha value is -2.30. The number of aromatic nitrogens is 2. The fraction of sp³-hybridized carbons (Fsp3) is 0.375. The molecule has 0 saturated carbocycles. The van der Waals surface area contributed by atoms with Gasteiger partial charge in [-0.2, -0.15) is 0 Å². The van der Waals surface area contributed by atoms with Crippen molar-refractivity contribution in [3.8, 4) is 5.75 Å². The Morgan fingerprint density at radius 1 is 1.43 bits per heavy atom. The van der Waals surface area contributed by atoms with E-state index in [1.165, 1.54) is 0 Å². The predicted octanol–water partition coefficient (Wildman–Crippen LogP) is 2.24. The van der Waals surface area contributed by atoms with Crippen molar-refractivity contribution >= 4 is 5.91 Å². The number of nitrogens with zero attached hydrogens (tertiary/aromatic N) is 1. The molecule has 21 heavy (non-hydrogen) atoms. The molecule has 1 heterocycles. The molecule has 0 atom stereocenters. The van der Waals surface area contributed by atoms with E-state index < -0.39 is 0 Å². The number of ether oxygens (including phenoxy) is 1. The standard InChI is InChI=1S/C16H21N3O2/c1-13-4-2-5-14(12-13)21-11-7-16(20)19-8-3-6-15-17-9-10-18-15/h2,4-5,9-10,12H,3,6-8,11H2,1H3,(H,17,18)(H,19,20). The van der Waals surface area contributed by atoms with Crippen LogP contribution in [0, 0.1) is 6.92 Å². The number of hydrogen-bond acceptors (Lipinski definition) is 3. The Kier molecular flexibility index (Phi) is 5.82. The topological polar surface area (TPSA) is 67.0 Å². The summed E-state index contributed by atoms with van der Waals surface area (Å²) >= 11 is 0. The highest BCUT2D eigenvalue weighted by Crippen LogP contribution is 2.12. The molecule has 2 aromatic rings. The van der Waals surface area contributed by atoms with Crippen LogP contribution in [0.1, 0.15) is 24.2 Å². The molecule has 2 N–H and O–H groups in total. The molecule has 0 bridgehead atoms. The van der Waals surface area contributed by atoms with Gasteiger partial charge in [-0.1, -0.05) is 12.1 Å². The van der Waals surface area contributed by atoms with E-state index in [0.29, 0.717) is 19.6 Å². The van der Waals surface area contributed by atoms with Gasteiger partial charge in [0.15, 0.2) is 0 Å². The van der Waals surface area contributed by atoms with Gasteiger partial charge in [0.2, 0.25) is 5.91 Å². The summed E-state index contributed by atoms with van der Waals surface area (Å²) in [7, 11) is 0. The van der Waals surface area contributed by atoms with Gasteiger partial charge in [0, 0.05) is 25.4 Å². The number of rotatable bonds is 8. The lowest BCUT2D eigenvalue weighted by molar-refractivity contribution is -0.121. The van der Waals surface area contributed by atoms with E-state index >= 15 is 0 Å². The maximum Gasteiger partial charge on any atom is 0.223 e. The first kappa shape index (κ1) is 15.1. The Morgan fingerprint density at radius 3 is 3.10 bits per heavy atom. The van der Waals surface area contributed by atoms with Crippen LogP contribution in [0.3, 0.4) is 0 Å². The monoisotopic (exact) mass is 287 g/mol. The van der Waals surface area contributed by atoms with Gasteiger partial charge in [0.05, 0.1) is 13.0 Å². The summed E-state index contributed by atoms with van der Waals surface area (Å²) < 4.78 is 5.55. The number of aryl methyl sites for hydroxylation is 2. The van der Waals surface area contributed by atoms with Crippen molar-refractivity contribution in [3.05, 3.63) is 48.0 Å². The van der Waals surface area contributed by atoms with Crippen LogP contribution in [-0.4, -0.2) is 29.0 Å². The van der Waals surface area contributed by atoms with E-state index in [1.807, 2.05) is 31.2 Å². The Labute approximate surface area is 124 Å². The second-order valence-electron chi connectivity index (χ2n) is 4.90. The van der Waals surface area contributed by atoms with Gasteiger partial charge in [-0.3, -0.25) is 4.79 Å². The molecule has 0 fully saturated rings. The molecule has 0 radical (unpaired) electrons. The maximum atomic E-state index is 11.6. The van der Waals surface area contributed by atoms with Crippen LogP contribution in [-0.2, 0) is 11.2 Å². The summed E-state index contributed by atoms with van der Waals surface area (Å²) in [6.07, 6.45) is 5.62. The summed E-state index contributed by atoms with van der Waals surface area (Å²) in [6.45, 7) is 3.07. The molecule has 0 saturated heterocycles. The highest BCUT2D eigenvalue weighted by atomic mass is 16.5. The summed E-state index contributed by atoms with van der Waals surface area (Å²) in [5.41, 5.74) is 1.15. The summed E-state index contributed by atoms with van der Waals surface area (Å²) in [5, 5.41) is 2.88. The molecular weight excluding hydrogens is 266 g/mol. The number of benzene rings is 1. The van der Waals surface area contributed by atoms with Crippen LogP contribution in [0.4, 0.5) is 0 Å². The number of aromatic amines is 1. The zero-order chi connectivity index (χ0) is 14.9. The summed E-state index contributed by atoms with van der Waals surface area (Å²) in [4.78, 5) is 18.8. The first-order valence-corrected chi connectivity index (χ1v) is 7.18. The number of carbonyl (C=O) groups excluding carboxylic acids is 1. The minimum atomic E-state index is 0.0158. The Bertz CT molecular complexity index is 552. The molecule has 0 aliphatic rings. The first-order valence-electron chi connectivity index (χ1n) is 7.18. The molecule has 112 valence electrons. The zero-order valence-electron chi connectivity index (χ0n) is 12.3. The molecule has 1 amide bonds. The van der Waals surface area contributed by atoms with Crippen LogP contribution in [0.5, 0.6) is 5.75 Å². The summed E-state index contributed by atoms with van der Waals surface area (Å²) in [6, 6.07) is 7.81. The number of H-pyrrole nitrogens is 1. The third-order valence-electron chi connectivity index (χ3n) is 3.05. The third kappa shape index (κ3) is 5.69. The number of amides is 1. The fourth-order valence-corrected chi connectivity index (χ4v) is 1.97. The van der Waals surface area contributed by atoms with Crippen LogP contribution in [0.25, 0.3) is 0 Å². The minimum Gasteiger partial charge on any atom is -0.493 e. The average Bonchev–Trinajstić information content (AvgIpc) is 2.97. The van der Waals surface area contributed by atoms with Gasteiger partial charge in [0.1, 0.15) is 11.6 Å². The first-order chi connectivity index (χ1) is 10.2. The van der Waals surface area contributed by atoms with Crippen molar-refractivity contribution < 1.29 is 9.53 Å². The molecule has 1 aromatic heterocycles. The quantitative estimate of drug-likeness (QED) is 0.732. The van der Waals surface area contributed by atoms with Crippen LogP contribution in [0.15, 0.2) is 36.7 Å². The van der Waals surface area contributed by atoms with Gasteiger partial charge in [-0.15, -0.1) is 0 Å². The molecule has 2 rings (SSSR count). The van der Waals surface area contributed by atoms with Crippen molar-refractivity contribution in [3.63, 3.8) is 0 Å². The molecule has 5 heteroatoms. The van der Waals surface area contributed by atoms with Gasteiger partial charge < -0.3 is 15.0 Å². The van der Waals surface area contributed by atoms with Gasteiger partial charge in [0.25, 0.3) is 0 Å². The number of imidazole rings is 1. The maximum absolute atomic E-state index is 11.6. The molecule has 0 aliphatic heterocycles. The predicted molar refractivity (Wildman–Crippen MR) is 81.2 cm³/mol. The lowest BCUT2D eigenvalue weighted by atomic mass is 10.2. The zero-order valence-corrected chi connectivity index (χ0v) is 12.3. The number of carbonyl (C=O) groups is 1. The van der Waals surface area contributed by atoms with E-state index in [2.05, 4.69) is 15.3 Å². The molecule has 1 aromatic carbocycles. The Balaban J connectivity index is 1.55. The number of nitrogens with one attached hydrogen (secondary N) is 2. The lowest BCUT2D eigenvalue weighted by Gasteiger charge is -2.07. The number of hydrogen-bond donors (Lipinski definition) is 2. The third-order valence-corrected chi connectivity index (χ3v) is 3.05. The van der Waals surface area contributed by atoms with Crippen molar-refractivity contribution in [2.45, 2.75) is 26.2 Å². The molecule has 5 nitrogen and oxygen atoms in total. The van der Waals surface area contributed by atoms with E-state index in [1.54, 1.807) is 12.4 Å². The van der Waals surface area contributed by atoms with Crippen LogP contribution < -0.4 is 10.1 Å². The SMILES string of the molecule is Cc1cccc(OCCC(=O)NCCCc2ncc[nH]2)c1. The van der Waals surface area contributed by atoms with Gasteiger partial charge in [-0.25, -0.2) is 4.98 Å². The summed E-state index contributed by atoms with van der Waals surface area (Å²) in [5.74, 6) is 1.77. The van der Waals surface area contributed by atoms with Crippen molar-refractivity contribution in [1.82, 2.24) is 15.3 Å². The van der Waals surface area contributed by atoms with E-state index in [9.17, 15) is 4.79 Å². The van der Waals surface area contributed by atoms with E-state index in [4.69, 9.17) is 4.74 Å². The van der Waals surface area contributed by atoms with Crippen molar-refractivity contribution in [2.75, 3.05) is 13.2 Å². The molecule has 0 spiro atoms.